The van der Waals surface area contributed by atoms with Gasteiger partial charge in [-0.1, -0.05) is 17.3 Å². The van der Waals surface area contributed by atoms with E-state index in [4.69, 9.17) is 4.74 Å². The molecule has 7 heteroatoms. The average molecular weight is 373 g/mol. The van der Waals surface area contributed by atoms with E-state index in [-0.39, 0.29) is 11.6 Å². The minimum absolute atomic E-state index is 0.233. The minimum Gasteiger partial charge on any atom is -0.494 e. The molecule has 0 aliphatic heterocycles. The maximum atomic E-state index is 12.7. The molecule has 0 bridgehead atoms. The third-order valence-corrected chi connectivity index (χ3v) is 4.17. The molecule has 0 radical (unpaired) electrons. The summed E-state index contributed by atoms with van der Waals surface area (Å²) in [4.78, 5) is 12.7. The molecule has 2 heterocycles. The normalized spacial score (nSPS) is 10.6. The molecule has 0 aliphatic carbocycles. The van der Waals surface area contributed by atoms with Gasteiger partial charge in [0.05, 0.1) is 29.9 Å². The number of carbonyl (C=O) groups excluding carboxylic acids is 1. The predicted molar refractivity (Wildman–Crippen MR) is 106 cm³/mol. The van der Waals surface area contributed by atoms with E-state index in [9.17, 15) is 4.79 Å². The van der Waals surface area contributed by atoms with Crippen molar-refractivity contribution in [2.24, 2.45) is 0 Å². The van der Waals surface area contributed by atoms with E-state index in [0.717, 1.165) is 17.1 Å². The van der Waals surface area contributed by atoms with Crippen molar-refractivity contribution >= 4 is 11.6 Å². The van der Waals surface area contributed by atoms with Crippen molar-refractivity contribution in [2.75, 3.05) is 11.9 Å². The van der Waals surface area contributed by atoms with Crippen molar-refractivity contribution in [2.45, 2.75) is 6.92 Å². The first kappa shape index (κ1) is 17.5. The van der Waals surface area contributed by atoms with Crippen LogP contribution in [0.25, 0.3) is 11.4 Å². The van der Waals surface area contributed by atoms with Gasteiger partial charge in [0.15, 0.2) is 5.69 Å². The molecule has 0 fully saturated rings. The maximum Gasteiger partial charge on any atom is 0.277 e. The Labute approximate surface area is 162 Å². The molecule has 2 aromatic carbocycles. The van der Waals surface area contributed by atoms with E-state index in [2.05, 4.69) is 15.6 Å². The fourth-order valence-corrected chi connectivity index (χ4v) is 2.84. The van der Waals surface area contributed by atoms with Crippen LogP contribution in [0.5, 0.6) is 5.75 Å². The Bertz CT molecular complexity index is 1070. The van der Waals surface area contributed by atoms with Gasteiger partial charge in [-0.15, -0.1) is 5.10 Å². The Kier molecular flexibility index (Phi) is 4.88. The number of nitrogens with one attached hydrogen (secondary N) is 1. The molecule has 4 rings (SSSR count). The van der Waals surface area contributed by atoms with Gasteiger partial charge in [-0.2, -0.15) is 0 Å². The first-order valence-electron chi connectivity index (χ1n) is 8.94. The van der Waals surface area contributed by atoms with Gasteiger partial charge in [0.25, 0.3) is 5.91 Å². The first-order valence-corrected chi connectivity index (χ1v) is 8.94. The number of carbonyl (C=O) groups is 1. The molecule has 140 valence electrons. The van der Waals surface area contributed by atoms with E-state index >= 15 is 0 Å². The highest BCUT2D eigenvalue weighted by molar-refractivity contribution is 6.03. The molecule has 1 N–H and O–H groups in total. The number of amides is 1. The molecule has 0 saturated carbocycles. The molecular formula is C21H19N5O2. The summed E-state index contributed by atoms with van der Waals surface area (Å²) in [6, 6.07) is 18.9. The van der Waals surface area contributed by atoms with Crippen molar-refractivity contribution in [3.8, 4) is 17.1 Å². The highest BCUT2D eigenvalue weighted by Crippen LogP contribution is 2.21. The van der Waals surface area contributed by atoms with Crippen molar-refractivity contribution in [3.05, 3.63) is 84.9 Å². The standard InChI is InChI=1S/C21H19N5O2/c1-2-28-17-11-9-16(10-12-17)26-15-19(23-24-26)21(27)22-18-7-3-4-8-20(18)25-13-5-6-14-25/h3-15H,2H2,1H3,(H,22,27). The van der Waals surface area contributed by atoms with Crippen LogP contribution in [0.2, 0.25) is 0 Å². The molecule has 28 heavy (non-hydrogen) atoms. The van der Waals surface area contributed by atoms with Gasteiger partial charge < -0.3 is 14.6 Å². The number of ether oxygens (including phenoxy) is 1. The Morgan fingerprint density at radius 3 is 2.54 bits per heavy atom. The zero-order chi connectivity index (χ0) is 19.3. The topological polar surface area (TPSA) is 74.0 Å². The van der Waals surface area contributed by atoms with Crippen LogP contribution in [0.4, 0.5) is 5.69 Å². The lowest BCUT2D eigenvalue weighted by atomic mass is 10.2. The molecular weight excluding hydrogens is 354 g/mol. The van der Waals surface area contributed by atoms with Gasteiger partial charge in [0.2, 0.25) is 0 Å². The van der Waals surface area contributed by atoms with Crippen molar-refractivity contribution in [1.29, 1.82) is 0 Å². The molecule has 7 nitrogen and oxygen atoms in total. The second-order valence-electron chi connectivity index (χ2n) is 6.04. The second kappa shape index (κ2) is 7.79. The number of para-hydroxylation sites is 2. The quantitative estimate of drug-likeness (QED) is 0.559. The third kappa shape index (κ3) is 3.64. The smallest absolute Gasteiger partial charge is 0.277 e. The van der Waals surface area contributed by atoms with Crippen LogP contribution in [0.3, 0.4) is 0 Å². The molecule has 0 unspecified atom stereocenters. The first-order chi connectivity index (χ1) is 13.7. The third-order valence-electron chi connectivity index (χ3n) is 4.17. The summed E-state index contributed by atoms with van der Waals surface area (Å²) >= 11 is 0. The number of benzene rings is 2. The van der Waals surface area contributed by atoms with Gasteiger partial charge in [-0.25, -0.2) is 4.68 Å². The fourth-order valence-electron chi connectivity index (χ4n) is 2.84. The van der Waals surface area contributed by atoms with E-state index in [0.29, 0.717) is 12.3 Å². The number of hydrogen-bond acceptors (Lipinski definition) is 4. The highest BCUT2D eigenvalue weighted by atomic mass is 16.5. The van der Waals surface area contributed by atoms with E-state index in [1.165, 1.54) is 0 Å². The summed E-state index contributed by atoms with van der Waals surface area (Å²) in [7, 11) is 0. The van der Waals surface area contributed by atoms with Crippen LogP contribution in [0, 0.1) is 0 Å². The zero-order valence-electron chi connectivity index (χ0n) is 15.3. The number of hydrogen-bond donors (Lipinski definition) is 1. The maximum absolute atomic E-state index is 12.7. The van der Waals surface area contributed by atoms with Gasteiger partial charge in [-0.05, 0) is 55.5 Å². The van der Waals surface area contributed by atoms with E-state index in [1.54, 1.807) is 10.9 Å². The van der Waals surface area contributed by atoms with Crippen LogP contribution in [-0.4, -0.2) is 32.1 Å². The lowest BCUT2D eigenvalue weighted by Crippen LogP contribution is -2.14. The van der Waals surface area contributed by atoms with Crippen molar-refractivity contribution in [1.82, 2.24) is 19.6 Å². The molecule has 4 aromatic rings. The highest BCUT2D eigenvalue weighted by Gasteiger charge is 2.14. The van der Waals surface area contributed by atoms with Crippen LogP contribution in [0.1, 0.15) is 17.4 Å². The second-order valence-corrected chi connectivity index (χ2v) is 6.04. The zero-order valence-corrected chi connectivity index (χ0v) is 15.3. The fraction of sp³-hybridized carbons (Fsp3) is 0.0952. The Hall–Kier alpha value is -3.87. The summed E-state index contributed by atoms with van der Waals surface area (Å²) in [5.74, 6) is 0.461. The lowest BCUT2D eigenvalue weighted by Gasteiger charge is -2.10. The minimum atomic E-state index is -0.322. The van der Waals surface area contributed by atoms with Crippen molar-refractivity contribution in [3.63, 3.8) is 0 Å². The predicted octanol–water partition coefficient (Wildman–Crippen LogP) is 3.71. The molecule has 0 saturated heterocycles. The Balaban J connectivity index is 1.53. The molecule has 0 atom stereocenters. The van der Waals surface area contributed by atoms with E-state index < -0.39 is 0 Å². The van der Waals surface area contributed by atoms with Crippen molar-refractivity contribution < 1.29 is 9.53 Å². The van der Waals surface area contributed by atoms with E-state index in [1.807, 2.05) is 84.5 Å². The molecule has 2 aromatic heterocycles. The van der Waals surface area contributed by atoms with Gasteiger partial charge in [0, 0.05) is 12.4 Å². The number of nitrogens with zero attached hydrogens (tertiary/aromatic N) is 4. The summed E-state index contributed by atoms with van der Waals surface area (Å²) in [6.45, 7) is 2.54. The van der Waals surface area contributed by atoms with Gasteiger partial charge in [-0.3, -0.25) is 4.79 Å². The molecule has 1 amide bonds. The van der Waals surface area contributed by atoms with Crippen LogP contribution in [-0.2, 0) is 0 Å². The van der Waals surface area contributed by atoms with Crippen LogP contribution >= 0.6 is 0 Å². The Morgan fingerprint density at radius 2 is 1.79 bits per heavy atom. The number of anilines is 1. The Morgan fingerprint density at radius 1 is 1.04 bits per heavy atom. The lowest BCUT2D eigenvalue weighted by molar-refractivity contribution is 0.102. The summed E-state index contributed by atoms with van der Waals surface area (Å²) in [5, 5.41) is 11.0. The average Bonchev–Trinajstić information content (AvgIpc) is 3.42. The SMILES string of the molecule is CCOc1ccc(-n2cc(C(=O)Nc3ccccc3-n3cccc3)nn2)cc1. The molecule has 0 aliphatic rings. The summed E-state index contributed by atoms with van der Waals surface area (Å²) in [5.41, 5.74) is 2.60. The van der Waals surface area contributed by atoms with Crippen LogP contribution in [0.15, 0.2) is 79.3 Å². The van der Waals surface area contributed by atoms with Gasteiger partial charge >= 0.3 is 0 Å². The van der Waals surface area contributed by atoms with Crippen LogP contribution < -0.4 is 10.1 Å². The number of rotatable bonds is 6. The van der Waals surface area contributed by atoms with Gasteiger partial charge in [0.1, 0.15) is 5.75 Å². The number of aromatic nitrogens is 4. The monoisotopic (exact) mass is 373 g/mol. The molecule has 0 spiro atoms. The largest absolute Gasteiger partial charge is 0.494 e. The summed E-state index contributed by atoms with van der Waals surface area (Å²) in [6.07, 6.45) is 5.45. The summed E-state index contributed by atoms with van der Waals surface area (Å²) < 4.78 is 8.93.